The smallest absolute Gasteiger partial charge is 0.0495 e. The largest absolute Gasteiger partial charge is 0.344 e. The third-order valence-electron chi connectivity index (χ3n) is 5.91. The number of benzene rings is 5. The van der Waals surface area contributed by atoms with Crippen LogP contribution in [-0.4, -0.2) is 4.57 Å². The van der Waals surface area contributed by atoms with Crippen LogP contribution in [0.5, 0.6) is 0 Å². The maximum absolute atomic E-state index is 3.16. The Hall–Kier alpha value is -2.48. The zero-order valence-corrected chi connectivity index (χ0v) is 19.0. The molecule has 0 atom stereocenters. The van der Waals surface area contributed by atoms with Crippen LogP contribution in [0.15, 0.2) is 91.0 Å². The van der Waals surface area contributed by atoms with Crippen molar-refractivity contribution in [2.45, 2.75) is 0 Å². The Bertz CT molecular complexity index is 1520. The molecular weight excluding hydrogens is 427 g/mol. The monoisotopic (exact) mass is 445 g/mol. The van der Waals surface area contributed by atoms with Gasteiger partial charge in [0.25, 0.3) is 0 Å². The van der Waals surface area contributed by atoms with Gasteiger partial charge < -0.3 is 4.57 Å². The van der Waals surface area contributed by atoms with Crippen molar-refractivity contribution in [1.82, 2.24) is 4.57 Å². The fourth-order valence-electron chi connectivity index (χ4n) is 4.47. The van der Waals surface area contributed by atoms with Crippen molar-refractivity contribution in [3.63, 3.8) is 0 Å². The first kappa shape index (κ1) is 18.5. The van der Waals surface area contributed by atoms with Gasteiger partial charge in [0, 0.05) is 61.6 Å². The summed E-state index contributed by atoms with van der Waals surface area (Å²) in [4.78, 5) is 0. The van der Waals surface area contributed by atoms with E-state index in [1.165, 1.54) is 54.5 Å². The average Bonchev–Trinajstić information content (AvgIpc) is 3.05. The second kappa shape index (κ2) is 7.09. The minimum atomic E-state index is 0. The topological polar surface area (TPSA) is 4.93 Å². The van der Waals surface area contributed by atoms with Crippen molar-refractivity contribution in [3.05, 3.63) is 97.1 Å². The molecule has 0 amide bonds. The maximum Gasteiger partial charge on any atom is 0.0495 e. The van der Waals surface area contributed by atoms with Crippen LogP contribution in [0.2, 0.25) is 0 Å². The fourth-order valence-corrected chi connectivity index (χ4v) is 4.47. The summed E-state index contributed by atoms with van der Waals surface area (Å²) >= 11 is 0. The molecule has 0 saturated heterocycles. The first-order valence-electron chi connectivity index (χ1n) is 9.60. The molecule has 1 heterocycles. The van der Waals surface area contributed by atoms with Crippen molar-refractivity contribution in [3.8, 4) is 11.1 Å². The van der Waals surface area contributed by atoms with E-state index in [9.17, 15) is 0 Å². The Morgan fingerprint density at radius 1 is 0.655 bits per heavy atom. The number of aryl methyl sites for hydroxylation is 1. The molecule has 1 aromatic heterocycles. The van der Waals surface area contributed by atoms with Gasteiger partial charge in [0.1, 0.15) is 0 Å². The molecule has 29 heavy (non-hydrogen) atoms. The summed E-state index contributed by atoms with van der Waals surface area (Å²) in [7, 11) is 2.16. The van der Waals surface area contributed by atoms with Crippen molar-refractivity contribution in [2.75, 3.05) is 0 Å². The van der Waals surface area contributed by atoms with E-state index in [1.54, 1.807) is 0 Å². The van der Waals surface area contributed by atoms with Gasteiger partial charge in [-0.2, -0.15) is 24.3 Å². The van der Waals surface area contributed by atoms with Crippen LogP contribution in [-0.2, 0) is 39.8 Å². The van der Waals surface area contributed by atoms with Crippen molar-refractivity contribution in [2.24, 2.45) is 7.05 Å². The van der Waals surface area contributed by atoms with Crippen LogP contribution in [0, 0.1) is 6.07 Å². The van der Waals surface area contributed by atoms with Gasteiger partial charge in [-0.1, -0.05) is 48.5 Å². The summed E-state index contributed by atoms with van der Waals surface area (Å²) in [5.41, 5.74) is 5.05. The Kier molecular flexibility index (Phi) is 4.54. The summed E-state index contributed by atoms with van der Waals surface area (Å²) in [6.45, 7) is 0. The van der Waals surface area contributed by atoms with Gasteiger partial charge in [0.05, 0.1) is 0 Å². The maximum atomic E-state index is 3.16. The normalized spacial score (nSPS) is 11.3. The number of hydrogen-bond acceptors (Lipinski definition) is 0. The standard InChI is InChI=1S/C27H18N.Y/c1-28-25-14-13-22(21-11-10-18-6-2-3-8-20(18)16-21)17-24(25)27-23-9-5-4-7-19(23)12-15-26(27)28;/h3-17H,1H3;/q-1;. The zero-order chi connectivity index (χ0) is 18.7. The third kappa shape index (κ3) is 2.84. The van der Waals surface area contributed by atoms with E-state index in [2.05, 4.69) is 96.5 Å². The van der Waals surface area contributed by atoms with E-state index < -0.39 is 0 Å². The molecule has 0 fully saturated rings. The second-order valence-corrected chi connectivity index (χ2v) is 7.46. The quantitative estimate of drug-likeness (QED) is 0.238. The molecule has 1 radical (unpaired) electrons. The molecule has 5 aromatic carbocycles. The van der Waals surface area contributed by atoms with E-state index in [1.807, 2.05) is 12.1 Å². The predicted octanol–water partition coefficient (Wildman–Crippen LogP) is 7.10. The SMILES string of the molecule is Cn1c2ccc(-c3ccc4c[c-]ccc4c3)cc2c2c3ccccc3ccc21.[Y]. The fraction of sp³-hybridized carbons (Fsp3) is 0.0370. The van der Waals surface area contributed by atoms with Crippen molar-refractivity contribution in [1.29, 1.82) is 0 Å². The van der Waals surface area contributed by atoms with Crippen LogP contribution in [0.25, 0.3) is 54.5 Å². The van der Waals surface area contributed by atoms with Gasteiger partial charge in [-0.25, -0.2) is 0 Å². The average molecular weight is 445 g/mol. The first-order valence-corrected chi connectivity index (χ1v) is 9.60. The molecular formula is C27H18NY-. The molecule has 2 heteroatoms. The number of nitrogens with zero attached hydrogens (tertiary/aromatic N) is 1. The van der Waals surface area contributed by atoms with Gasteiger partial charge in [-0.15, -0.1) is 16.8 Å². The van der Waals surface area contributed by atoms with Crippen LogP contribution in [0.1, 0.15) is 0 Å². The molecule has 0 aliphatic heterocycles. The van der Waals surface area contributed by atoms with Gasteiger partial charge >= 0.3 is 0 Å². The first-order chi connectivity index (χ1) is 13.8. The second-order valence-electron chi connectivity index (χ2n) is 7.46. The van der Waals surface area contributed by atoms with Gasteiger partial charge in [0.15, 0.2) is 0 Å². The Morgan fingerprint density at radius 3 is 2.34 bits per heavy atom. The molecule has 0 N–H and O–H groups in total. The van der Waals surface area contributed by atoms with Crippen LogP contribution >= 0.6 is 0 Å². The van der Waals surface area contributed by atoms with Gasteiger partial charge in [-0.05, 0) is 40.1 Å². The zero-order valence-electron chi connectivity index (χ0n) is 16.2. The Labute approximate surface area is 194 Å². The summed E-state index contributed by atoms with van der Waals surface area (Å²) in [6, 6.07) is 35.9. The molecule has 135 valence electrons. The third-order valence-corrected chi connectivity index (χ3v) is 5.91. The molecule has 0 spiro atoms. The molecule has 0 saturated carbocycles. The summed E-state index contributed by atoms with van der Waals surface area (Å²) < 4.78 is 2.30. The van der Waals surface area contributed by atoms with Crippen LogP contribution < -0.4 is 0 Å². The predicted molar refractivity (Wildman–Crippen MR) is 120 cm³/mol. The van der Waals surface area contributed by atoms with E-state index in [-0.39, 0.29) is 32.7 Å². The molecule has 0 unspecified atom stereocenters. The summed E-state index contributed by atoms with van der Waals surface area (Å²) in [6.07, 6.45) is 0. The minimum Gasteiger partial charge on any atom is -0.344 e. The molecule has 0 aliphatic rings. The van der Waals surface area contributed by atoms with E-state index in [0.29, 0.717) is 0 Å². The van der Waals surface area contributed by atoms with Gasteiger partial charge in [-0.3, -0.25) is 0 Å². The molecule has 0 bridgehead atoms. The van der Waals surface area contributed by atoms with E-state index >= 15 is 0 Å². The van der Waals surface area contributed by atoms with E-state index in [4.69, 9.17) is 0 Å². The van der Waals surface area contributed by atoms with Crippen molar-refractivity contribution < 1.29 is 32.7 Å². The summed E-state index contributed by atoms with van der Waals surface area (Å²) in [5.74, 6) is 0. The molecule has 1 nitrogen and oxygen atoms in total. The number of fused-ring (bicyclic) bond motifs is 6. The van der Waals surface area contributed by atoms with Crippen LogP contribution in [0.4, 0.5) is 0 Å². The Morgan fingerprint density at radius 2 is 1.41 bits per heavy atom. The molecule has 6 rings (SSSR count). The number of hydrogen-bond donors (Lipinski definition) is 0. The number of rotatable bonds is 1. The van der Waals surface area contributed by atoms with Crippen LogP contribution in [0.3, 0.4) is 0 Å². The Balaban J connectivity index is 0.00000181. The minimum absolute atomic E-state index is 0. The number of aromatic nitrogens is 1. The molecule has 0 aliphatic carbocycles. The summed E-state index contributed by atoms with van der Waals surface area (Å²) in [5, 5.41) is 7.73. The van der Waals surface area contributed by atoms with Crippen molar-refractivity contribution >= 4 is 43.4 Å². The molecule has 6 aromatic rings. The van der Waals surface area contributed by atoms with E-state index in [0.717, 1.165) is 0 Å². The van der Waals surface area contributed by atoms with Gasteiger partial charge in [0.2, 0.25) is 0 Å².